The first-order valence-electron chi connectivity index (χ1n) is 10.5. The summed E-state index contributed by atoms with van der Waals surface area (Å²) in [6.45, 7) is 2.07. The Hall–Kier alpha value is -2.12. The van der Waals surface area contributed by atoms with Gasteiger partial charge in [0.25, 0.3) is 5.56 Å². The van der Waals surface area contributed by atoms with Crippen LogP contribution in [0.5, 0.6) is 0 Å². The van der Waals surface area contributed by atoms with Crippen LogP contribution in [0.15, 0.2) is 34.2 Å². The van der Waals surface area contributed by atoms with Crippen LogP contribution in [-0.4, -0.2) is 21.2 Å². The molecule has 0 spiro atoms. The van der Waals surface area contributed by atoms with Crippen molar-refractivity contribution in [2.24, 2.45) is 13.0 Å². The normalized spacial score (nSPS) is 16.6. The van der Waals surface area contributed by atoms with Crippen molar-refractivity contribution in [3.05, 3.63) is 56.2 Å². The van der Waals surface area contributed by atoms with Crippen LogP contribution in [0.1, 0.15) is 46.9 Å². The lowest BCUT2D eigenvalue weighted by Crippen LogP contribution is -2.31. The predicted molar refractivity (Wildman–Crippen MR) is 122 cm³/mol. The summed E-state index contributed by atoms with van der Waals surface area (Å²) in [4.78, 5) is 32.5. The number of rotatable bonds is 6. The summed E-state index contributed by atoms with van der Waals surface area (Å²) in [6, 6.07) is 8.48. The maximum atomic E-state index is 12.9. The lowest BCUT2D eigenvalue weighted by Gasteiger charge is -2.19. The van der Waals surface area contributed by atoms with Crippen LogP contribution in [0.25, 0.3) is 10.2 Å². The van der Waals surface area contributed by atoms with Crippen LogP contribution in [0.4, 0.5) is 0 Å². The molecule has 1 saturated carbocycles. The van der Waals surface area contributed by atoms with Crippen molar-refractivity contribution in [3.63, 3.8) is 0 Å². The largest absolute Gasteiger partial charge is 0.348 e. The highest BCUT2D eigenvalue weighted by molar-refractivity contribution is 7.99. The fourth-order valence-corrected chi connectivity index (χ4v) is 6.34. The summed E-state index contributed by atoms with van der Waals surface area (Å²) in [5, 5.41) is 4.62. The maximum absolute atomic E-state index is 12.9. The molecule has 1 aromatic carbocycles. The Morgan fingerprint density at radius 1 is 1.30 bits per heavy atom. The standard InChI is InChI=1S/C23H25N3O2S2/c1-13-6-8-14(9-7-13)20(15-10-11-15)24-18(27)12-29-23-25-21-19(22(28)26(23)2)16-4-3-5-17(16)30-21/h6-9,15,20H,3-5,10-12H2,1-2H3,(H,24,27). The number of hydrogen-bond acceptors (Lipinski definition) is 5. The van der Waals surface area contributed by atoms with Gasteiger partial charge in [0, 0.05) is 11.9 Å². The van der Waals surface area contributed by atoms with Crippen molar-refractivity contribution in [2.75, 3.05) is 5.75 Å². The molecule has 2 aliphatic carbocycles. The molecule has 7 heteroatoms. The molecule has 0 aliphatic heterocycles. The van der Waals surface area contributed by atoms with Gasteiger partial charge in [-0.25, -0.2) is 4.98 Å². The highest BCUT2D eigenvalue weighted by Crippen LogP contribution is 2.41. The van der Waals surface area contributed by atoms with Crippen molar-refractivity contribution in [1.82, 2.24) is 14.9 Å². The predicted octanol–water partition coefficient (Wildman–Crippen LogP) is 4.15. The van der Waals surface area contributed by atoms with Crippen molar-refractivity contribution in [3.8, 4) is 0 Å². The Bertz CT molecular complexity index is 1180. The lowest BCUT2D eigenvalue weighted by atomic mass is 10.0. The van der Waals surface area contributed by atoms with Gasteiger partial charge in [-0.3, -0.25) is 14.2 Å². The van der Waals surface area contributed by atoms with E-state index in [2.05, 4.69) is 36.5 Å². The lowest BCUT2D eigenvalue weighted by molar-refractivity contribution is -0.119. The van der Waals surface area contributed by atoms with Crippen LogP contribution >= 0.6 is 23.1 Å². The second-order valence-electron chi connectivity index (χ2n) is 8.38. The van der Waals surface area contributed by atoms with Gasteiger partial charge < -0.3 is 5.32 Å². The summed E-state index contributed by atoms with van der Waals surface area (Å²) in [7, 11) is 1.76. The first kappa shape index (κ1) is 19.8. The third-order valence-corrected chi connectivity index (χ3v) is 8.30. The van der Waals surface area contributed by atoms with E-state index in [0.717, 1.165) is 42.3 Å². The van der Waals surface area contributed by atoms with Crippen LogP contribution in [0, 0.1) is 12.8 Å². The second-order valence-corrected chi connectivity index (χ2v) is 10.4. The zero-order valence-electron chi connectivity index (χ0n) is 17.2. The minimum Gasteiger partial charge on any atom is -0.348 e. The molecule has 1 N–H and O–H groups in total. The van der Waals surface area contributed by atoms with Gasteiger partial charge in [-0.05, 0) is 56.1 Å². The minimum absolute atomic E-state index is 0.0119. The van der Waals surface area contributed by atoms with Crippen LogP contribution in [0.3, 0.4) is 0 Å². The van der Waals surface area contributed by atoms with E-state index in [0.29, 0.717) is 11.1 Å². The molecule has 1 unspecified atom stereocenters. The number of nitrogens with one attached hydrogen (secondary N) is 1. The molecule has 30 heavy (non-hydrogen) atoms. The number of benzene rings is 1. The summed E-state index contributed by atoms with van der Waals surface area (Å²) < 4.78 is 1.60. The van der Waals surface area contributed by atoms with Crippen LogP contribution in [0.2, 0.25) is 0 Å². The van der Waals surface area contributed by atoms with E-state index >= 15 is 0 Å². The van der Waals surface area contributed by atoms with Gasteiger partial charge in [0.15, 0.2) is 5.16 Å². The van der Waals surface area contributed by atoms with Crippen LogP contribution < -0.4 is 10.9 Å². The Morgan fingerprint density at radius 3 is 2.80 bits per heavy atom. The van der Waals surface area contributed by atoms with Gasteiger partial charge in [-0.2, -0.15) is 0 Å². The van der Waals surface area contributed by atoms with E-state index in [1.165, 1.54) is 33.3 Å². The number of hydrogen-bond donors (Lipinski definition) is 1. The molecule has 1 atom stereocenters. The SMILES string of the molecule is Cc1ccc(C(NC(=O)CSc2nc3sc4c(c3c(=O)n2C)CCC4)C2CC2)cc1. The molecule has 2 aromatic heterocycles. The minimum atomic E-state index is -0.0134. The Kier molecular flexibility index (Phi) is 5.19. The fraction of sp³-hybridized carbons (Fsp3) is 0.435. The van der Waals surface area contributed by atoms with Gasteiger partial charge >= 0.3 is 0 Å². The molecule has 2 aliphatic rings. The smallest absolute Gasteiger partial charge is 0.262 e. The van der Waals surface area contributed by atoms with Gasteiger partial charge in [0.2, 0.25) is 5.91 Å². The number of aryl methyl sites for hydroxylation is 3. The number of thiophene rings is 1. The Morgan fingerprint density at radius 2 is 2.07 bits per heavy atom. The third-order valence-electron chi connectivity index (χ3n) is 6.08. The van der Waals surface area contributed by atoms with E-state index in [1.54, 1.807) is 23.0 Å². The van der Waals surface area contributed by atoms with E-state index in [9.17, 15) is 9.59 Å². The molecule has 1 fully saturated rings. The van der Waals surface area contributed by atoms with Crippen molar-refractivity contribution in [1.29, 1.82) is 0 Å². The highest BCUT2D eigenvalue weighted by Gasteiger charge is 2.33. The number of aromatic nitrogens is 2. The molecular weight excluding hydrogens is 414 g/mol. The van der Waals surface area contributed by atoms with Crippen molar-refractivity contribution >= 4 is 39.2 Å². The van der Waals surface area contributed by atoms with Gasteiger partial charge in [-0.1, -0.05) is 41.6 Å². The van der Waals surface area contributed by atoms with Gasteiger partial charge in [0.05, 0.1) is 17.2 Å². The average molecular weight is 440 g/mol. The Labute approximate surface area is 183 Å². The molecule has 2 heterocycles. The molecule has 0 bridgehead atoms. The molecule has 5 nitrogen and oxygen atoms in total. The van der Waals surface area contributed by atoms with Crippen molar-refractivity contribution in [2.45, 2.75) is 50.2 Å². The van der Waals surface area contributed by atoms with Crippen molar-refractivity contribution < 1.29 is 4.79 Å². The molecule has 156 valence electrons. The quantitative estimate of drug-likeness (QED) is 0.463. The van der Waals surface area contributed by atoms with E-state index in [1.807, 2.05) is 0 Å². The second kappa shape index (κ2) is 7.85. The molecule has 3 aromatic rings. The maximum Gasteiger partial charge on any atom is 0.262 e. The van der Waals surface area contributed by atoms with Gasteiger partial charge in [0.1, 0.15) is 4.83 Å². The number of thioether (sulfide) groups is 1. The average Bonchev–Trinajstić information content (AvgIpc) is 3.37. The molecule has 1 amide bonds. The number of carbonyl (C=O) groups excluding carboxylic acids is 1. The molecule has 0 radical (unpaired) electrons. The third kappa shape index (κ3) is 3.69. The van der Waals surface area contributed by atoms with Gasteiger partial charge in [-0.15, -0.1) is 11.3 Å². The summed E-state index contributed by atoms with van der Waals surface area (Å²) in [5.41, 5.74) is 3.60. The van der Waals surface area contributed by atoms with Crippen LogP contribution in [-0.2, 0) is 24.7 Å². The monoisotopic (exact) mass is 439 g/mol. The Balaban J connectivity index is 1.31. The summed E-state index contributed by atoms with van der Waals surface area (Å²) in [5.74, 6) is 0.765. The van der Waals surface area contributed by atoms with E-state index < -0.39 is 0 Å². The van der Waals surface area contributed by atoms with E-state index in [4.69, 9.17) is 4.98 Å². The number of amides is 1. The summed E-state index contributed by atoms with van der Waals surface area (Å²) >= 11 is 2.98. The number of nitrogens with zero attached hydrogens (tertiary/aromatic N) is 2. The first-order valence-corrected chi connectivity index (χ1v) is 12.3. The molecular formula is C23H25N3O2S2. The molecule has 0 saturated heterocycles. The highest BCUT2D eigenvalue weighted by atomic mass is 32.2. The topological polar surface area (TPSA) is 64.0 Å². The first-order chi connectivity index (χ1) is 14.5. The van der Waals surface area contributed by atoms with E-state index in [-0.39, 0.29) is 23.3 Å². The fourth-order valence-electron chi connectivity index (χ4n) is 4.26. The molecule has 5 rings (SSSR count). The zero-order chi connectivity index (χ0) is 20.8. The number of fused-ring (bicyclic) bond motifs is 3. The zero-order valence-corrected chi connectivity index (χ0v) is 18.9. The summed E-state index contributed by atoms with van der Waals surface area (Å²) in [6.07, 6.45) is 5.46. The number of carbonyl (C=O) groups is 1.